The van der Waals surface area contributed by atoms with Gasteiger partial charge in [0.05, 0.1) is 12.0 Å². The van der Waals surface area contributed by atoms with Crippen LogP contribution in [0.1, 0.15) is 22.2 Å². The fourth-order valence-corrected chi connectivity index (χ4v) is 2.53. The van der Waals surface area contributed by atoms with E-state index in [9.17, 15) is 4.79 Å². The van der Waals surface area contributed by atoms with Gasteiger partial charge in [-0.1, -0.05) is 25.1 Å². The predicted molar refractivity (Wildman–Crippen MR) is 89.9 cm³/mol. The van der Waals surface area contributed by atoms with E-state index >= 15 is 0 Å². The van der Waals surface area contributed by atoms with Crippen molar-refractivity contribution in [2.75, 3.05) is 19.0 Å². The molecule has 1 aromatic heterocycles. The Hall–Kier alpha value is -1.56. The normalized spacial score (nSPS) is 9.81. The van der Waals surface area contributed by atoms with Crippen molar-refractivity contribution in [3.63, 3.8) is 0 Å². The van der Waals surface area contributed by atoms with E-state index in [-0.39, 0.29) is 18.3 Å². The molecule has 0 aliphatic carbocycles. The number of rotatable bonds is 6. The predicted octanol–water partition coefficient (Wildman–Crippen LogP) is 3.54. The highest BCUT2D eigenvalue weighted by Crippen LogP contribution is 2.23. The summed E-state index contributed by atoms with van der Waals surface area (Å²) in [5, 5.41) is 8.03. The number of carbonyl (C=O) groups excluding carboxylic acids is 1. The summed E-state index contributed by atoms with van der Waals surface area (Å²) in [6.07, 6.45) is 0. The molecule has 2 rings (SSSR count). The molecule has 2 aromatic rings. The van der Waals surface area contributed by atoms with Crippen molar-refractivity contribution < 1.29 is 9.53 Å². The van der Waals surface area contributed by atoms with Crippen LogP contribution in [-0.4, -0.2) is 19.6 Å². The summed E-state index contributed by atoms with van der Waals surface area (Å²) in [4.78, 5) is 12.8. The van der Waals surface area contributed by atoms with E-state index in [2.05, 4.69) is 17.6 Å². The lowest BCUT2D eigenvalue weighted by Gasteiger charge is -2.10. The molecule has 0 bridgehead atoms. The Morgan fingerprint density at radius 2 is 2.10 bits per heavy atom. The molecule has 0 atom stereocenters. The first-order chi connectivity index (χ1) is 9.74. The van der Waals surface area contributed by atoms with Gasteiger partial charge >= 0.3 is 0 Å². The third kappa shape index (κ3) is 4.74. The van der Waals surface area contributed by atoms with E-state index in [1.165, 1.54) is 11.3 Å². The first-order valence-electron chi connectivity index (χ1n) is 6.47. The number of anilines is 1. The number of benzene rings is 1. The van der Waals surface area contributed by atoms with Crippen molar-refractivity contribution >= 4 is 35.3 Å². The molecule has 1 aromatic carbocycles. The van der Waals surface area contributed by atoms with Gasteiger partial charge in [0.1, 0.15) is 5.75 Å². The zero-order valence-electron chi connectivity index (χ0n) is 12.0. The molecule has 1 heterocycles. The summed E-state index contributed by atoms with van der Waals surface area (Å²) in [5.74, 6) is 0.600. The molecular weight excluding hydrogens is 308 g/mol. The SMILES string of the molecule is CCNCc1ccccc1NC(=O)c1cc(OC)cs1.Cl. The van der Waals surface area contributed by atoms with Crippen molar-refractivity contribution in [3.05, 3.63) is 46.2 Å². The first kappa shape index (κ1) is 17.5. The molecule has 0 saturated heterocycles. The number of nitrogens with one attached hydrogen (secondary N) is 2. The number of thiophene rings is 1. The maximum atomic E-state index is 12.2. The van der Waals surface area contributed by atoms with Crippen molar-refractivity contribution in [3.8, 4) is 5.75 Å². The van der Waals surface area contributed by atoms with Crippen LogP contribution in [0.3, 0.4) is 0 Å². The number of carbonyl (C=O) groups is 1. The molecule has 6 heteroatoms. The van der Waals surface area contributed by atoms with Crippen LogP contribution in [0.5, 0.6) is 5.75 Å². The molecule has 0 aliphatic rings. The smallest absolute Gasteiger partial charge is 0.265 e. The maximum Gasteiger partial charge on any atom is 0.265 e. The topological polar surface area (TPSA) is 50.4 Å². The van der Waals surface area contributed by atoms with Crippen LogP contribution in [0.4, 0.5) is 5.69 Å². The molecule has 0 spiro atoms. The lowest BCUT2D eigenvalue weighted by atomic mass is 10.1. The minimum Gasteiger partial charge on any atom is -0.496 e. The standard InChI is InChI=1S/C15H18N2O2S.ClH/c1-3-16-9-11-6-4-5-7-13(11)17-15(18)14-8-12(19-2)10-20-14;/h4-8,10,16H,3,9H2,1-2H3,(H,17,18);1H. The highest BCUT2D eigenvalue weighted by Gasteiger charge is 2.11. The number of hydrogen-bond donors (Lipinski definition) is 2. The molecule has 0 saturated carbocycles. The summed E-state index contributed by atoms with van der Waals surface area (Å²) in [7, 11) is 1.59. The van der Waals surface area contributed by atoms with Crippen LogP contribution in [0.15, 0.2) is 35.7 Å². The lowest BCUT2D eigenvalue weighted by Crippen LogP contribution is -2.16. The van der Waals surface area contributed by atoms with Gasteiger partial charge in [0.15, 0.2) is 0 Å². The molecule has 4 nitrogen and oxygen atoms in total. The highest BCUT2D eigenvalue weighted by atomic mass is 35.5. The second kappa shape index (κ2) is 8.67. The van der Waals surface area contributed by atoms with Gasteiger partial charge < -0.3 is 15.4 Å². The Morgan fingerprint density at radius 1 is 1.33 bits per heavy atom. The van der Waals surface area contributed by atoms with Crippen LogP contribution in [0.2, 0.25) is 0 Å². The van der Waals surface area contributed by atoms with Gasteiger partial charge in [0, 0.05) is 23.7 Å². The van der Waals surface area contributed by atoms with Crippen LogP contribution in [0, 0.1) is 0 Å². The lowest BCUT2D eigenvalue weighted by molar-refractivity contribution is 0.103. The summed E-state index contributed by atoms with van der Waals surface area (Å²) in [6.45, 7) is 3.68. The third-order valence-corrected chi connectivity index (χ3v) is 3.77. The largest absolute Gasteiger partial charge is 0.496 e. The molecule has 2 N–H and O–H groups in total. The zero-order valence-corrected chi connectivity index (χ0v) is 13.6. The van der Waals surface area contributed by atoms with E-state index in [0.717, 1.165) is 24.3 Å². The number of methoxy groups -OCH3 is 1. The average molecular weight is 327 g/mol. The second-order valence-electron chi connectivity index (χ2n) is 4.24. The highest BCUT2D eigenvalue weighted by molar-refractivity contribution is 7.12. The number of amides is 1. The fourth-order valence-electron chi connectivity index (χ4n) is 1.78. The van der Waals surface area contributed by atoms with Crippen molar-refractivity contribution in [1.29, 1.82) is 0 Å². The van der Waals surface area contributed by atoms with E-state index in [4.69, 9.17) is 4.74 Å². The Balaban J connectivity index is 0.00000220. The van der Waals surface area contributed by atoms with Gasteiger partial charge in [0.25, 0.3) is 5.91 Å². The molecule has 0 radical (unpaired) electrons. The van der Waals surface area contributed by atoms with Crippen molar-refractivity contribution in [2.45, 2.75) is 13.5 Å². The van der Waals surface area contributed by atoms with Crippen molar-refractivity contribution in [2.24, 2.45) is 0 Å². The molecule has 0 unspecified atom stereocenters. The minimum atomic E-state index is -0.109. The fraction of sp³-hybridized carbons (Fsp3) is 0.267. The average Bonchev–Trinajstić information content (AvgIpc) is 2.95. The monoisotopic (exact) mass is 326 g/mol. The van der Waals surface area contributed by atoms with Gasteiger partial charge in [-0.05, 0) is 18.2 Å². The van der Waals surface area contributed by atoms with E-state index in [1.807, 2.05) is 29.6 Å². The van der Waals surface area contributed by atoms with Gasteiger partial charge in [-0.2, -0.15) is 0 Å². The Bertz CT molecular complexity index is 587. The van der Waals surface area contributed by atoms with Gasteiger partial charge in [-0.25, -0.2) is 0 Å². The number of para-hydroxylation sites is 1. The summed E-state index contributed by atoms with van der Waals surface area (Å²) in [6, 6.07) is 9.55. The Labute approximate surface area is 134 Å². The van der Waals surface area contributed by atoms with E-state index < -0.39 is 0 Å². The van der Waals surface area contributed by atoms with Gasteiger partial charge in [-0.3, -0.25) is 4.79 Å². The summed E-state index contributed by atoms with van der Waals surface area (Å²) < 4.78 is 5.09. The second-order valence-corrected chi connectivity index (χ2v) is 5.15. The van der Waals surface area contributed by atoms with Crippen LogP contribution in [-0.2, 0) is 6.54 Å². The van der Waals surface area contributed by atoms with E-state index in [1.54, 1.807) is 13.2 Å². The Kier molecular flexibility index (Phi) is 7.22. The van der Waals surface area contributed by atoms with Crippen LogP contribution >= 0.6 is 23.7 Å². The number of ether oxygens (including phenoxy) is 1. The van der Waals surface area contributed by atoms with Gasteiger partial charge in [0.2, 0.25) is 0 Å². The van der Waals surface area contributed by atoms with Gasteiger partial charge in [-0.15, -0.1) is 23.7 Å². The Morgan fingerprint density at radius 3 is 2.76 bits per heavy atom. The van der Waals surface area contributed by atoms with Crippen LogP contribution in [0.25, 0.3) is 0 Å². The summed E-state index contributed by atoms with van der Waals surface area (Å²) in [5.41, 5.74) is 1.91. The third-order valence-electron chi connectivity index (χ3n) is 2.87. The number of halogens is 1. The maximum absolute atomic E-state index is 12.2. The first-order valence-corrected chi connectivity index (χ1v) is 7.35. The van der Waals surface area contributed by atoms with Crippen molar-refractivity contribution in [1.82, 2.24) is 5.32 Å². The number of hydrogen-bond acceptors (Lipinski definition) is 4. The van der Waals surface area contributed by atoms with E-state index in [0.29, 0.717) is 10.6 Å². The zero-order chi connectivity index (χ0) is 14.4. The molecular formula is C15H19ClN2O2S. The molecule has 21 heavy (non-hydrogen) atoms. The summed E-state index contributed by atoms with van der Waals surface area (Å²) >= 11 is 1.37. The molecule has 114 valence electrons. The molecule has 0 aliphatic heterocycles. The molecule has 1 amide bonds. The minimum absolute atomic E-state index is 0. The molecule has 0 fully saturated rings. The van der Waals surface area contributed by atoms with Crippen LogP contribution < -0.4 is 15.4 Å². The quantitative estimate of drug-likeness (QED) is 0.853.